The summed E-state index contributed by atoms with van der Waals surface area (Å²) in [5.41, 5.74) is 7.33. The Labute approximate surface area is 246 Å². The number of rotatable bonds is 11. The summed E-state index contributed by atoms with van der Waals surface area (Å²) in [6.07, 6.45) is 0. The molecule has 4 rings (SSSR count). The van der Waals surface area contributed by atoms with E-state index in [-0.39, 0.29) is 47.9 Å². The second-order valence-corrected chi connectivity index (χ2v) is 10.3. The van der Waals surface area contributed by atoms with Crippen LogP contribution in [0.25, 0.3) is 10.9 Å². The van der Waals surface area contributed by atoms with E-state index in [1.165, 1.54) is 27.8 Å². The largest absolute Gasteiger partial charge is 0.364 e. The first-order valence-corrected chi connectivity index (χ1v) is 13.5. The molecule has 0 spiro atoms. The van der Waals surface area contributed by atoms with E-state index in [4.69, 9.17) is 17.3 Å². The molecule has 0 bridgehead atoms. The number of halogens is 2. The number of nitrogens with one attached hydrogen (secondary N) is 2. The van der Waals surface area contributed by atoms with Crippen molar-refractivity contribution in [2.75, 3.05) is 6.54 Å². The van der Waals surface area contributed by atoms with Crippen molar-refractivity contribution in [3.63, 3.8) is 0 Å². The van der Waals surface area contributed by atoms with Crippen molar-refractivity contribution in [3.8, 4) is 0 Å². The van der Waals surface area contributed by atoms with Gasteiger partial charge in [0, 0.05) is 35.6 Å². The molecule has 42 heavy (non-hydrogen) atoms. The quantitative estimate of drug-likeness (QED) is 0.245. The van der Waals surface area contributed by atoms with Crippen LogP contribution in [0.4, 0.5) is 4.39 Å². The van der Waals surface area contributed by atoms with Gasteiger partial charge < -0.3 is 21.3 Å². The Balaban J connectivity index is 1.48. The van der Waals surface area contributed by atoms with Gasteiger partial charge in [-0.15, -0.1) is 0 Å². The third-order valence-electron chi connectivity index (χ3n) is 6.59. The number of hydrogen-bond donors (Lipinski definition) is 3. The molecule has 0 unspecified atom stereocenters. The SMILES string of the molecule is CC(C)N(CC(=O)NCc1cccc(Cl)c1F)C(=O)Cn1nc(C(N)=O)c2cc(C(=O)NCc3ccccc3)ccc21. The molecule has 0 aliphatic carbocycles. The van der Waals surface area contributed by atoms with E-state index >= 15 is 0 Å². The minimum atomic E-state index is -0.818. The van der Waals surface area contributed by atoms with E-state index in [1.54, 1.807) is 32.0 Å². The molecular weight excluding hydrogens is 563 g/mol. The molecule has 218 valence electrons. The number of amides is 4. The second kappa shape index (κ2) is 13.3. The van der Waals surface area contributed by atoms with Crippen LogP contribution in [0, 0.1) is 5.82 Å². The second-order valence-electron chi connectivity index (χ2n) is 9.88. The Morgan fingerprint density at radius 3 is 2.43 bits per heavy atom. The molecule has 4 amide bonds. The molecule has 0 aliphatic heterocycles. The predicted molar refractivity (Wildman–Crippen MR) is 156 cm³/mol. The van der Waals surface area contributed by atoms with Gasteiger partial charge >= 0.3 is 0 Å². The maximum absolute atomic E-state index is 14.2. The summed E-state index contributed by atoms with van der Waals surface area (Å²) in [6.45, 7) is 3.14. The molecule has 12 heteroatoms. The molecule has 4 N–H and O–H groups in total. The van der Waals surface area contributed by atoms with E-state index in [2.05, 4.69) is 15.7 Å². The molecule has 0 radical (unpaired) electrons. The Morgan fingerprint density at radius 2 is 1.74 bits per heavy atom. The number of primary amides is 1. The van der Waals surface area contributed by atoms with Crippen LogP contribution in [0.1, 0.15) is 45.8 Å². The number of benzene rings is 3. The lowest BCUT2D eigenvalue weighted by Crippen LogP contribution is -2.45. The number of fused-ring (bicyclic) bond motifs is 1. The van der Waals surface area contributed by atoms with Gasteiger partial charge in [-0.3, -0.25) is 23.9 Å². The minimum Gasteiger partial charge on any atom is -0.364 e. The highest BCUT2D eigenvalue weighted by Gasteiger charge is 2.24. The zero-order valence-electron chi connectivity index (χ0n) is 23.1. The van der Waals surface area contributed by atoms with Crippen LogP contribution < -0.4 is 16.4 Å². The molecule has 0 atom stereocenters. The molecule has 4 aromatic rings. The number of carbonyl (C=O) groups is 4. The average molecular weight is 593 g/mol. The van der Waals surface area contributed by atoms with Gasteiger partial charge in [-0.1, -0.05) is 54.1 Å². The van der Waals surface area contributed by atoms with E-state index in [0.717, 1.165) is 5.56 Å². The molecule has 0 aliphatic rings. The topological polar surface area (TPSA) is 139 Å². The number of nitrogens with zero attached hydrogens (tertiary/aromatic N) is 3. The zero-order valence-corrected chi connectivity index (χ0v) is 23.8. The Hall–Kier alpha value is -4.77. The van der Waals surface area contributed by atoms with Gasteiger partial charge in [-0.05, 0) is 43.7 Å². The van der Waals surface area contributed by atoms with E-state index in [1.807, 2.05) is 30.3 Å². The Bertz CT molecular complexity index is 1640. The maximum atomic E-state index is 14.2. The van der Waals surface area contributed by atoms with Crippen LogP contribution in [0.5, 0.6) is 0 Å². The van der Waals surface area contributed by atoms with Crippen molar-refractivity contribution in [2.24, 2.45) is 5.73 Å². The Kier molecular flexibility index (Phi) is 9.53. The van der Waals surface area contributed by atoms with Crippen molar-refractivity contribution in [1.29, 1.82) is 0 Å². The number of hydrogen-bond acceptors (Lipinski definition) is 5. The average Bonchev–Trinajstić information content (AvgIpc) is 3.33. The van der Waals surface area contributed by atoms with Gasteiger partial charge in [0.15, 0.2) is 5.69 Å². The van der Waals surface area contributed by atoms with Crippen LogP contribution in [0.15, 0.2) is 66.7 Å². The molecule has 1 aromatic heterocycles. The molecule has 1 heterocycles. The normalized spacial score (nSPS) is 11.0. The molecular formula is C30H30ClFN6O4. The summed E-state index contributed by atoms with van der Waals surface area (Å²) in [7, 11) is 0. The Morgan fingerprint density at radius 1 is 1.00 bits per heavy atom. The number of aromatic nitrogens is 2. The maximum Gasteiger partial charge on any atom is 0.269 e. The lowest BCUT2D eigenvalue weighted by molar-refractivity contribution is -0.138. The van der Waals surface area contributed by atoms with Crippen LogP contribution in [0.2, 0.25) is 5.02 Å². The van der Waals surface area contributed by atoms with Crippen molar-refractivity contribution in [2.45, 2.75) is 39.5 Å². The van der Waals surface area contributed by atoms with Gasteiger partial charge in [0.25, 0.3) is 11.8 Å². The third-order valence-corrected chi connectivity index (χ3v) is 6.88. The summed E-state index contributed by atoms with van der Waals surface area (Å²) >= 11 is 5.80. The highest BCUT2D eigenvalue weighted by Crippen LogP contribution is 2.21. The monoisotopic (exact) mass is 592 g/mol. The number of carbonyl (C=O) groups excluding carboxylic acids is 4. The van der Waals surface area contributed by atoms with Crippen molar-refractivity contribution in [1.82, 2.24) is 25.3 Å². The summed E-state index contributed by atoms with van der Waals surface area (Å²) in [5, 5.41) is 9.95. The predicted octanol–water partition coefficient (Wildman–Crippen LogP) is 3.41. The van der Waals surface area contributed by atoms with Gasteiger partial charge in [0.1, 0.15) is 12.4 Å². The summed E-state index contributed by atoms with van der Waals surface area (Å²) < 4.78 is 15.5. The molecule has 10 nitrogen and oxygen atoms in total. The van der Waals surface area contributed by atoms with Crippen LogP contribution in [0.3, 0.4) is 0 Å². The van der Waals surface area contributed by atoms with Crippen molar-refractivity contribution >= 4 is 46.1 Å². The lowest BCUT2D eigenvalue weighted by atomic mass is 10.1. The van der Waals surface area contributed by atoms with Crippen molar-refractivity contribution in [3.05, 3.63) is 100.0 Å². The van der Waals surface area contributed by atoms with Crippen molar-refractivity contribution < 1.29 is 23.6 Å². The van der Waals surface area contributed by atoms with Gasteiger partial charge in [-0.2, -0.15) is 5.10 Å². The first kappa shape index (κ1) is 30.2. The molecule has 0 saturated carbocycles. The lowest BCUT2D eigenvalue weighted by Gasteiger charge is -2.26. The summed E-state index contributed by atoms with van der Waals surface area (Å²) in [4.78, 5) is 52.3. The highest BCUT2D eigenvalue weighted by atomic mass is 35.5. The number of nitrogens with two attached hydrogens (primary N) is 1. The summed E-state index contributed by atoms with van der Waals surface area (Å²) in [6, 6.07) is 18.2. The zero-order chi connectivity index (χ0) is 30.4. The standard InChI is InChI=1S/C30H30ClFN6O4/c1-18(2)37(16-25(39)34-15-21-9-6-10-23(31)27(21)32)26(40)17-38-24-12-11-20(13-22(24)28(36-38)29(33)41)30(42)35-14-19-7-4-3-5-8-19/h3-13,18H,14-17H2,1-2H3,(H2,33,41)(H,34,39)(H,35,42). The fourth-order valence-electron chi connectivity index (χ4n) is 4.37. The molecule has 0 saturated heterocycles. The summed E-state index contributed by atoms with van der Waals surface area (Å²) in [5.74, 6) is -2.73. The molecule has 3 aromatic carbocycles. The highest BCUT2D eigenvalue weighted by molar-refractivity contribution is 6.30. The van der Waals surface area contributed by atoms with Crippen LogP contribution in [-0.2, 0) is 29.2 Å². The van der Waals surface area contributed by atoms with E-state index in [9.17, 15) is 23.6 Å². The van der Waals surface area contributed by atoms with Gasteiger partial charge in [0.2, 0.25) is 11.8 Å². The van der Waals surface area contributed by atoms with Crippen LogP contribution >= 0.6 is 11.6 Å². The first-order valence-electron chi connectivity index (χ1n) is 13.2. The smallest absolute Gasteiger partial charge is 0.269 e. The first-order chi connectivity index (χ1) is 20.0. The van der Waals surface area contributed by atoms with E-state index in [0.29, 0.717) is 23.0 Å². The van der Waals surface area contributed by atoms with Crippen LogP contribution in [-0.4, -0.2) is 50.9 Å². The van der Waals surface area contributed by atoms with E-state index < -0.39 is 23.5 Å². The minimum absolute atomic E-state index is 0.0533. The fraction of sp³-hybridized carbons (Fsp3) is 0.233. The molecule has 0 fully saturated rings. The van der Waals surface area contributed by atoms with Gasteiger partial charge in [-0.25, -0.2) is 4.39 Å². The third kappa shape index (κ3) is 7.10. The van der Waals surface area contributed by atoms with Gasteiger partial charge in [0.05, 0.1) is 17.1 Å². The fourth-order valence-corrected chi connectivity index (χ4v) is 4.56.